The van der Waals surface area contributed by atoms with E-state index in [-0.39, 0.29) is 0 Å². The van der Waals surface area contributed by atoms with Gasteiger partial charge < -0.3 is 11.1 Å². The highest BCUT2D eigenvalue weighted by Gasteiger charge is 2.64. The topological polar surface area (TPSA) is 50.9 Å². The lowest BCUT2D eigenvalue weighted by molar-refractivity contribution is 0.457. The van der Waals surface area contributed by atoms with Crippen molar-refractivity contribution in [2.75, 3.05) is 11.9 Å². The summed E-state index contributed by atoms with van der Waals surface area (Å²) in [5.74, 6) is 1.45. The molecule has 1 aliphatic carbocycles. The molecule has 2 rings (SSSR count). The van der Waals surface area contributed by atoms with Gasteiger partial charge in [0.2, 0.25) is 0 Å². The molecule has 1 heterocycles. The predicted molar refractivity (Wildman–Crippen MR) is 84.4 cm³/mol. The maximum absolute atomic E-state index is 5.74. The van der Waals surface area contributed by atoms with Crippen molar-refractivity contribution in [1.82, 2.24) is 4.98 Å². The smallest absolute Gasteiger partial charge is 0.136 e. The second-order valence-corrected chi connectivity index (χ2v) is 7.03. The van der Waals surface area contributed by atoms with E-state index in [1.165, 1.54) is 0 Å². The molecular weight excluding hydrogens is 254 g/mol. The van der Waals surface area contributed by atoms with Gasteiger partial charge in [0.25, 0.3) is 0 Å². The Morgan fingerprint density at radius 1 is 1.32 bits per heavy atom. The number of thiocarbonyl (C=S) groups is 1. The number of rotatable bonds is 4. The van der Waals surface area contributed by atoms with Crippen molar-refractivity contribution in [2.24, 2.45) is 22.5 Å². The van der Waals surface area contributed by atoms with Gasteiger partial charge >= 0.3 is 0 Å². The molecule has 1 aromatic heterocycles. The summed E-state index contributed by atoms with van der Waals surface area (Å²) in [6.07, 6.45) is 0. The normalized spacial score (nSPS) is 20.1. The third-order valence-corrected chi connectivity index (χ3v) is 5.31. The zero-order chi connectivity index (χ0) is 14.4. The number of pyridine rings is 1. The molecular formula is C15H23N3S. The van der Waals surface area contributed by atoms with Crippen LogP contribution < -0.4 is 11.1 Å². The Labute approximate surface area is 121 Å². The summed E-state index contributed by atoms with van der Waals surface area (Å²) in [6.45, 7) is 12.1. The Morgan fingerprint density at radius 2 is 1.89 bits per heavy atom. The first kappa shape index (κ1) is 14.3. The summed E-state index contributed by atoms with van der Waals surface area (Å²) in [5.41, 5.74) is 8.28. The second-order valence-electron chi connectivity index (χ2n) is 6.59. The zero-order valence-corrected chi connectivity index (χ0v) is 13.2. The van der Waals surface area contributed by atoms with E-state index in [2.05, 4.69) is 38.0 Å². The van der Waals surface area contributed by atoms with Gasteiger partial charge in [-0.2, -0.15) is 0 Å². The minimum absolute atomic E-state index is 0.368. The van der Waals surface area contributed by atoms with Crippen LogP contribution in [0.25, 0.3) is 0 Å². The molecule has 1 aromatic rings. The lowest BCUT2D eigenvalue weighted by atomic mass is 10.0. The average Bonchev–Trinajstić information content (AvgIpc) is 2.66. The molecule has 0 saturated heterocycles. The van der Waals surface area contributed by atoms with Crippen molar-refractivity contribution in [1.29, 1.82) is 0 Å². The van der Waals surface area contributed by atoms with Crippen LogP contribution in [0.3, 0.4) is 0 Å². The van der Waals surface area contributed by atoms with Crippen molar-refractivity contribution in [3.63, 3.8) is 0 Å². The van der Waals surface area contributed by atoms with Crippen LogP contribution in [-0.4, -0.2) is 16.5 Å². The van der Waals surface area contributed by atoms with Gasteiger partial charge in [0.15, 0.2) is 0 Å². The Bertz CT molecular complexity index is 506. The van der Waals surface area contributed by atoms with E-state index in [1.54, 1.807) is 0 Å². The number of nitrogens with two attached hydrogens (primary N) is 1. The maximum atomic E-state index is 5.74. The molecule has 3 nitrogen and oxygen atoms in total. The van der Waals surface area contributed by atoms with E-state index in [0.29, 0.717) is 21.7 Å². The van der Waals surface area contributed by atoms with Crippen molar-refractivity contribution in [2.45, 2.75) is 34.6 Å². The first-order valence-corrected chi connectivity index (χ1v) is 7.10. The number of nitrogens with zero attached hydrogens (tertiary/aromatic N) is 1. The number of nitrogens with one attached hydrogen (secondary N) is 1. The van der Waals surface area contributed by atoms with Crippen molar-refractivity contribution >= 4 is 23.0 Å². The predicted octanol–water partition coefficient (Wildman–Crippen LogP) is 3.12. The van der Waals surface area contributed by atoms with Gasteiger partial charge in [-0.3, -0.25) is 0 Å². The summed E-state index contributed by atoms with van der Waals surface area (Å²) >= 11 is 5.08. The van der Waals surface area contributed by atoms with Crippen LogP contribution in [0, 0.1) is 23.7 Å². The third-order valence-electron chi connectivity index (χ3n) is 5.09. The van der Waals surface area contributed by atoms with Crippen molar-refractivity contribution in [3.05, 3.63) is 23.4 Å². The van der Waals surface area contributed by atoms with Crippen LogP contribution in [0.15, 0.2) is 12.1 Å². The van der Waals surface area contributed by atoms with Crippen LogP contribution in [0.4, 0.5) is 5.82 Å². The van der Waals surface area contributed by atoms with E-state index in [0.717, 1.165) is 23.6 Å². The van der Waals surface area contributed by atoms with Crippen molar-refractivity contribution < 1.29 is 0 Å². The summed E-state index contributed by atoms with van der Waals surface area (Å²) in [4.78, 5) is 4.90. The number of aryl methyl sites for hydroxylation is 1. The quantitative estimate of drug-likeness (QED) is 0.830. The van der Waals surface area contributed by atoms with Gasteiger partial charge in [0.1, 0.15) is 10.8 Å². The average molecular weight is 277 g/mol. The highest BCUT2D eigenvalue weighted by molar-refractivity contribution is 7.80. The first-order chi connectivity index (χ1) is 8.68. The fraction of sp³-hybridized carbons (Fsp3) is 0.600. The Hall–Kier alpha value is -1.16. The van der Waals surface area contributed by atoms with E-state index >= 15 is 0 Å². The molecule has 1 aliphatic rings. The molecule has 0 amide bonds. The fourth-order valence-corrected chi connectivity index (χ4v) is 3.10. The summed E-state index contributed by atoms with van der Waals surface area (Å²) < 4.78 is 0. The molecule has 3 N–H and O–H groups in total. The molecule has 1 fully saturated rings. The SMILES string of the molecule is Cc1ccc(C(N)=S)c(NCC2C(C)(C)C2(C)C)n1. The molecule has 104 valence electrons. The highest BCUT2D eigenvalue weighted by Crippen LogP contribution is 2.68. The number of hydrogen-bond acceptors (Lipinski definition) is 3. The molecule has 0 bridgehead atoms. The van der Waals surface area contributed by atoms with Gasteiger partial charge in [0, 0.05) is 12.2 Å². The van der Waals surface area contributed by atoms with Gasteiger partial charge in [-0.15, -0.1) is 0 Å². The van der Waals surface area contributed by atoms with E-state index in [9.17, 15) is 0 Å². The number of aromatic nitrogens is 1. The van der Waals surface area contributed by atoms with Crippen LogP contribution in [0.1, 0.15) is 39.0 Å². The van der Waals surface area contributed by atoms with Gasteiger partial charge in [-0.1, -0.05) is 39.9 Å². The van der Waals surface area contributed by atoms with Crippen LogP contribution in [0.2, 0.25) is 0 Å². The van der Waals surface area contributed by atoms with Crippen LogP contribution in [0.5, 0.6) is 0 Å². The van der Waals surface area contributed by atoms with Crippen LogP contribution in [-0.2, 0) is 0 Å². The molecule has 0 unspecified atom stereocenters. The molecule has 0 atom stereocenters. The Morgan fingerprint density at radius 3 is 2.37 bits per heavy atom. The molecule has 0 spiro atoms. The minimum Gasteiger partial charge on any atom is -0.389 e. The molecule has 19 heavy (non-hydrogen) atoms. The Balaban J connectivity index is 2.13. The van der Waals surface area contributed by atoms with E-state index < -0.39 is 0 Å². The molecule has 0 aliphatic heterocycles. The molecule has 4 heteroatoms. The monoisotopic (exact) mass is 277 g/mol. The number of hydrogen-bond donors (Lipinski definition) is 2. The fourth-order valence-electron chi connectivity index (χ4n) is 2.93. The molecule has 1 saturated carbocycles. The van der Waals surface area contributed by atoms with Crippen LogP contribution >= 0.6 is 12.2 Å². The lowest BCUT2D eigenvalue weighted by Gasteiger charge is -2.12. The number of anilines is 1. The van der Waals surface area contributed by atoms with E-state index in [1.807, 2.05) is 19.1 Å². The van der Waals surface area contributed by atoms with E-state index in [4.69, 9.17) is 18.0 Å². The summed E-state index contributed by atoms with van der Waals surface area (Å²) in [6, 6.07) is 3.88. The summed E-state index contributed by atoms with van der Waals surface area (Å²) in [5, 5.41) is 3.43. The molecule has 0 aromatic carbocycles. The minimum atomic E-state index is 0.368. The summed E-state index contributed by atoms with van der Waals surface area (Å²) in [7, 11) is 0. The third kappa shape index (κ3) is 2.34. The van der Waals surface area contributed by atoms with Crippen molar-refractivity contribution in [3.8, 4) is 0 Å². The molecule has 0 radical (unpaired) electrons. The van der Waals surface area contributed by atoms with Gasteiger partial charge in [0.05, 0.1) is 5.56 Å². The second kappa shape index (κ2) is 4.44. The largest absolute Gasteiger partial charge is 0.389 e. The zero-order valence-electron chi connectivity index (χ0n) is 12.4. The maximum Gasteiger partial charge on any atom is 0.136 e. The lowest BCUT2D eigenvalue weighted by Crippen LogP contribution is -2.17. The first-order valence-electron chi connectivity index (χ1n) is 6.69. The van der Waals surface area contributed by atoms with Gasteiger partial charge in [-0.25, -0.2) is 4.98 Å². The highest BCUT2D eigenvalue weighted by atomic mass is 32.1. The van der Waals surface area contributed by atoms with Gasteiger partial charge in [-0.05, 0) is 35.8 Å². The standard InChI is InChI=1S/C15H23N3S/c1-9-6-7-10(12(16)19)13(18-9)17-8-11-14(2,3)15(11,4)5/h6-7,11H,8H2,1-5H3,(H2,16,19)(H,17,18). The Kier molecular flexibility index (Phi) is 3.33.